The Labute approximate surface area is 152 Å². The minimum Gasteiger partial charge on any atom is -0.402 e. The first-order chi connectivity index (χ1) is 11.4. The van der Waals surface area contributed by atoms with E-state index in [0.717, 1.165) is 29.6 Å². The lowest BCUT2D eigenvalue weighted by molar-refractivity contribution is 0.581. The maximum absolute atomic E-state index is 6.48. The van der Waals surface area contributed by atoms with Gasteiger partial charge in [0.05, 0.1) is 0 Å². The van der Waals surface area contributed by atoms with Crippen molar-refractivity contribution >= 4 is 15.8 Å². The van der Waals surface area contributed by atoms with Gasteiger partial charge >= 0.3 is 0 Å². The van der Waals surface area contributed by atoms with Gasteiger partial charge in [-0.15, -0.1) is 0 Å². The Morgan fingerprint density at radius 2 is 1.29 bits per heavy atom. The molecule has 3 heteroatoms. The van der Waals surface area contributed by atoms with Crippen molar-refractivity contribution in [2.24, 2.45) is 17.6 Å². The Hall–Kier alpha value is 0.140. The van der Waals surface area contributed by atoms with Gasteiger partial charge in [0.25, 0.3) is 0 Å². The molecule has 2 fully saturated rings. The maximum Gasteiger partial charge on any atom is 0.0128 e. The molecule has 0 bridgehead atoms. The molecule has 2 heterocycles. The third kappa shape index (κ3) is 3.64. The monoisotopic (exact) mass is 365 g/mol. The fraction of sp³-hybridized carbons (Fsp3) is 0.810. The summed E-state index contributed by atoms with van der Waals surface area (Å²) < 4.78 is 0. The van der Waals surface area contributed by atoms with Gasteiger partial charge in [0.15, 0.2) is 0 Å². The van der Waals surface area contributed by atoms with E-state index in [4.69, 9.17) is 5.73 Å². The number of allylic oxidation sites excluding steroid dienone is 3. The van der Waals surface area contributed by atoms with E-state index in [1.54, 1.807) is 0 Å². The van der Waals surface area contributed by atoms with Gasteiger partial charge in [0.1, 0.15) is 0 Å². The van der Waals surface area contributed by atoms with Gasteiger partial charge in [0, 0.05) is 12.1 Å². The molecule has 0 aromatic rings. The average molecular weight is 365 g/mol. The molecule has 1 aliphatic carbocycles. The predicted molar refractivity (Wildman–Crippen MR) is 112 cm³/mol. The third-order valence-corrected chi connectivity index (χ3v) is 13.8. The van der Waals surface area contributed by atoms with Crippen molar-refractivity contribution in [3.63, 3.8) is 0 Å². The number of rotatable bonds is 4. The molecule has 0 saturated carbocycles. The number of hydrogen-bond acceptors (Lipinski definition) is 1. The second-order valence-electron chi connectivity index (χ2n) is 8.85. The molecular weight excluding hydrogens is 328 g/mol. The fourth-order valence-corrected chi connectivity index (χ4v) is 13.0. The van der Waals surface area contributed by atoms with E-state index < -0.39 is 0 Å². The Bertz CT molecular complexity index is 486. The van der Waals surface area contributed by atoms with Crippen LogP contribution in [0.25, 0.3) is 0 Å². The van der Waals surface area contributed by atoms with Crippen LogP contribution >= 0.6 is 15.8 Å². The van der Waals surface area contributed by atoms with Crippen molar-refractivity contribution in [1.82, 2.24) is 0 Å². The van der Waals surface area contributed by atoms with E-state index in [2.05, 4.69) is 34.6 Å². The highest BCUT2D eigenvalue weighted by molar-refractivity contribution is 7.67. The summed E-state index contributed by atoms with van der Waals surface area (Å²) in [7, 11) is 0.177. The standard InChI is InChI=1S/C21H37NP2/c1-14(2)18-8-6-10-23(18)20-12-16(5)17(22)13-21(20)24-11-7-9-19(24)15(3)4/h14-15,18-19H,6-13,22H2,1-5H3. The summed E-state index contributed by atoms with van der Waals surface area (Å²) in [5.41, 5.74) is 11.1. The van der Waals surface area contributed by atoms with Crippen LogP contribution in [0.2, 0.25) is 0 Å². The fourth-order valence-electron chi connectivity index (χ4n) is 5.08. The lowest BCUT2D eigenvalue weighted by atomic mass is 10.0. The summed E-state index contributed by atoms with van der Waals surface area (Å²) in [6.45, 7) is 12.1. The summed E-state index contributed by atoms with van der Waals surface area (Å²) in [5.74, 6) is 1.70. The Balaban J connectivity index is 1.96. The molecule has 4 unspecified atom stereocenters. The SMILES string of the molecule is CC1=C(N)CC(P2CCCC2C(C)C)=C(P2CCCC2C(C)C)C1. The summed E-state index contributed by atoms with van der Waals surface area (Å²) in [4.78, 5) is 0. The highest BCUT2D eigenvalue weighted by atomic mass is 31.1. The highest BCUT2D eigenvalue weighted by Crippen LogP contribution is 2.69. The second kappa shape index (κ2) is 7.80. The average Bonchev–Trinajstić information content (AvgIpc) is 3.17. The van der Waals surface area contributed by atoms with Gasteiger partial charge < -0.3 is 5.73 Å². The highest BCUT2D eigenvalue weighted by Gasteiger charge is 2.39. The summed E-state index contributed by atoms with van der Waals surface area (Å²) >= 11 is 0. The van der Waals surface area contributed by atoms with E-state index in [-0.39, 0.29) is 15.8 Å². The molecule has 0 spiro atoms. The zero-order chi connectivity index (χ0) is 17.4. The van der Waals surface area contributed by atoms with E-state index in [1.807, 2.05) is 10.6 Å². The largest absolute Gasteiger partial charge is 0.402 e. The molecule has 0 radical (unpaired) electrons. The van der Waals surface area contributed by atoms with Gasteiger partial charge in [-0.05, 0) is 90.7 Å². The van der Waals surface area contributed by atoms with Crippen molar-refractivity contribution in [3.05, 3.63) is 21.9 Å². The lowest BCUT2D eigenvalue weighted by Gasteiger charge is -2.36. The molecule has 1 nitrogen and oxygen atoms in total. The molecule has 0 aromatic heterocycles. The Morgan fingerprint density at radius 1 is 0.833 bits per heavy atom. The molecular formula is C21H37NP2. The first-order valence-electron chi connectivity index (χ1n) is 10.1. The van der Waals surface area contributed by atoms with Gasteiger partial charge in [0.2, 0.25) is 0 Å². The first-order valence-corrected chi connectivity index (χ1v) is 13.3. The summed E-state index contributed by atoms with van der Waals surface area (Å²) in [6.07, 6.45) is 11.2. The Morgan fingerprint density at radius 3 is 1.75 bits per heavy atom. The molecule has 3 rings (SSSR count). The van der Waals surface area contributed by atoms with Crippen LogP contribution in [0.5, 0.6) is 0 Å². The van der Waals surface area contributed by atoms with Gasteiger partial charge in [-0.2, -0.15) is 0 Å². The molecule has 2 N–H and O–H groups in total. The van der Waals surface area contributed by atoms with Crippen molar-refractivity contribution in [3.8, 4) is 0 Å². The van der Waals surface area contributed by atoms with E-state index in [9.17, 15) is 0 Å². The van der Waals surface area contributed by atoms with Crippen LogP contribution in [0.4, 0.5) is 0 Å². The maximum atomic E-state index is 6.48. The van der Waals surface area contributed by atoms with E-state index in [1.165, 1.54) is 55.7 Å². The Kier molecular flexibility index (Phi) is 6.15. The predicted octanol–water partition coefficient (Wildman–Crippen LogP) is 6.83. The molecule has 136 valence electrons. The zero-order valence-corrected chi connectivity index (χ0v) is 18.2. The third-order valence-electron chi connectivity index (χ3n) is 6.50. The van der Waals surface area contributed by atoms with E-state index >= 15 is 0 Å². The quantitative estimate of drug-likeness (QED) is 0.543. The molecule has 0 aromatic carbocycles. The van der Waals surface area contributed by atoms with E-state index in [0.29, 0.717) is 0 Å². The van der Waals surface area contributed by atoms with Gasteiger partial charge in [-0.1, -0.05) is 43.5 Å². The smallest absolute Gasteiger partial charge is 0.0128 e. The van der Waals surface area contributed by atoms with Crippen LogP contribution in [-0.2, 0) is 0 Å². The van der Waals surface area contributed by atoms with Crippen LogP contribution < -0.4 is 5.73 Å². The molecule has 2 aliphatic heterocycles. The zero-order valence-electron chi connectivity index (χ0n) is 16.4. The molecule has 24 heavy (non-hydrogen) atoms. The van der Waals surface area contributed by atoms with Gasteiger partial charge in [-0.3, -0.25) is 0 Å². The van der Waals surface area contributed by atoms with Crippen molar-refractivity contribution < 1.29 is 0 Å². The van der Waals surface area contributed by atoms with Gasteiger partial charge in [-0.25, -0.2) is 0 Å². The lowest BCUT2D eigenvalue weighted by Crippen LogP contribution is -2.17. The van der Waals surface area contributed by atoms with Crippen LogP contribution in [-0.4, -0.2) is 23.6 Å². The molecule has 0 amide bonds. The van der Waals surface area contributed by atoms with Crippen LogP contribution in [0, 0.1) is 11.8 Å². The molecule has 2 saturated heterocycles. The number of nitrogens with two attached hydrogens (primary N) is 1. The minimum absolute atomic E-state index is 0.0761. The first kappa shape index (κ1) is 18.9. The van der Waals surface area contributed by atoms with Crippen molar-refractivity contribution in [1.29, 1.82) is 0 Å². The minimum atomic E-state index is 0.0761. The second-order valence-corrected chi connectivity index (χ2v) is 14.0. The van der Waals surface area contributed by atoms with Crippen molar-refractivity contribution in [2.75, 3.05) is 12.3 Å². The number of hydrogen-bond donors (Lipinski definition) is 1. The van der Waals surface area contributed by atoms with Crippen molar-refractivity contribution in [2.45, 2.75) is 84.5 Å². The molecule has 4 atom stereocenters. The molecule has 3 aliphatic rings. The normalized spacial score (nSPS) is 35.0. The van der Waals surface area contributed by atoms with Crippen LogP contribution in [0.1, 0.15) is 73.1 Å². The summed E-state index contributed by atoms with van der Waals surface area (Å²) in [6, 6.07) is 0. The van der Waals surface area contributed by atoms with Crippen LogP contribution in [0.3, 0.4) is 0 Å². The topological polar surface area (TPSA) is 26.0 Å². The summed E-state index contributed by atoms with van der Waals surface area (Å²) in [5, 5.41) is 3.83. The van der Waals surface area contributed by atoms with Crippen LogP contribution in [0.15, 0.2) is 21.9 Å².